The highest BCUT2D eigenvalue weighted by Crippen LogP contribution is 2.19. The van der Waals surface area contributed by atoms with Crippen LogP contribution in [0.25, 0.3) is 10.8 Å². The molecule has 0 unspecified atom stereocenters. The van der Waals surface area contributed by atoms with Gasteiger partial charge in [0.05, 0.1) is 6.42 Å². The quantitative estimate of drug-likeness (QED) is 0.847. The van der Waals surface area contributed by atoms with Crippen LogP contribution in [0.5, 0.6) is 0 Å². The van der Waals surface area contributed by atoms with Gasteiger partial charge in [0.15, 0.2) is 0 Å². The first kappa shape index (κ1) is 12.8. The Labute approximate surface area is 103 Å². The molecule has 0 atom stereocenters. The van der Waals surface area contributed by atoms with Crippen LogP contribution in [0.15, 0.2) is 36.7 Å². The van der Waals surface area contributed by atoms with Crippen LogP contribution < -0.4 is 5.32 Å². The first-order chi connectivity index (χ1) is 8.56. The van der Waals surface area contributed by atoms with Crippen LogP contribution in [0, 0.1) is 0 Å². The summed E-state index contributed by atoms with van der Waals surface area (Å²) in [6.45, 7) is 0.363. The van der Waals surface area contributed by atoms with Crippen LogP contribution in [0.2, 0.25) is 0 Å². The van der Waals surface area contributed by atoms with Gasteiger partial charge in [0, 0.05) is 30.9 Å². The van der Waals surface area contributed by atoms with Gasteiger partial charge in [-0.3, -0.25) is 4.98 Å². The number of nitrogens with zero attached hydrogens (tertiary/aromatic N) is 1. The molecule has 0 radical (unpaired) electrons. The molecular weight excluding hydrogens is 241 g/mol. The van der Waals surface area contributed by atoms with Crippen LogP contribution in [0.4, 0.5) is 13.2 Å². The molecule has 0 aliphatic rings. The Hall–Kier alpha value is -1.62. The van der Waals surface area contributed by atoms with Crippen molar-refractivity contribution in [2.24, 2.45) is 0 Å². The number of halogens is 3. The first-order valence-electron chi connectivity index (χ1n) is 5.65. The molecule has 1 N–H and O–H groups in total. The van der Waals surface area contributed by atoms with E-state index in [9.17, 15) is 13.2 Å². The second kappa shape index (κ2) is 5.35. The highest BCUT2D eigenvalue weighted by atomic mass is 19.4. The summed E-state index contributed by atoms with van der Waals surface area (Å²) in [4.78, 5) is 4.01. The molecule has 2 rings (SSSR count). The predicted molar refractivity (Wildman–Crippen MR) is 64.1 cm³/mol. The van der Waals surface area contributed by atoms with Gasteiger partial charge in [-0.25, -0.2) is 0 Å². The lowest BCUT2D eigenvalue weighted by Crippen LogP contribution is -2.21. The summed E-state index contributed by atoms with van der Waals surface area (Å²) in [5.41, 5.74) is 0.983. The molecule has 2 nitrogen and oxygen atoms in total. The number of nitrogens with one attached hydrogen (secondary N) is 1. The number of hydrogen-bond donors (Lipinski definition) is 1. The summed E-state index contributed by atoms with van der Waals surface area (Å²) < 4.78 is 36.0. The third kappa shape index (κ3) is 3.43. The van der Waals surface area contributed by atoms with Gasteiger partial charge in [0.2, 0.25) is 0 Å². The van der Waals surface area contributed by atoms with E-state index in [-0.39, 0.29) is 6.54 Å². The molecule has 0 saturated heterocycles. The van der Waals surface area contributed by atoms with Crippen molar-refractivity contribution in [1.29, 1.82) is 0 Å². The summed E-state index contributed by atoms with van der Waals surface area (Å²) in [5.74, 6) is 0. The standard InChI is InChI=1S/C13H13F3N2/c14-13(15,16)5-7-18-9-11-3-1-2-10-8-17-6-4-12(10)11/h1-4,6,8,18H,5,7,9H2. The van der Waals surface area contributed by atoms with Gasteiger partial charge in [-0.15, -0.1) is 0 Å². The fraction of sp³-hybridized carbons (Fsp3) is 0.308. The summed E-state index contributed by atoms with van der Waals surface area (Å²) in [5, 5.41) is 4.82. The van der Waals surface area contributed by atoms with E-state index in [1.807, 2.05) is 24.3 Å². The zero-order valence-electron chi connectivity index (χ0n) is 9.67. The van der Waals surface area contributed by atoms with Gasteiger partial charge in [-0.1, -0.05) is 18.2 Å². The van der Waals surface area contributed by atoms with E-state index in [0.717, 1.165) is 16.3 Å². The Morgan fingerprint density at radius 3 is 2.78 bits per heavy atom. The number of pyridine rings is 1. The van der Waals surface area contributed by atoms with E-state index in [2.05, 4.69) is 10.3 Å². The number of aromatic nitrogens is 1. The molecular formula is C13H13F3N2. The Morgan fingerprint density at radius 1 is 1.17 bits per heavy atom. The van der Waals surface area contributed by atoms with Crippen molar-refractivity contribution in [3.8, 4) is 0 Å². The summed E-state index contributed by atoms with van der Waals surface area (Å²) in [6.07, 6.45) is -1.48. The molecule has 0 aliphatic heterocycles. The first-order valence-corrected chi connectivity index (χ1v) is 5.65. The van der Waals surface area contributed by atoms with E-state index in [0.29, 0.717) is 6.54 Å². The van der Waals surface area contributed by atoms with Gasteiger partial charge in [-0.2, -0.15) is 13.2 Å². The highest BCUT2D eigenvalue weighted by molar-refractivity contribution is 5.84. The minimum Gasteiger partial charge on any atom is -0.312 e. The topological polar surface area (TPSA) is 24.9 Å². The SMILES string of the molecule is FC(F)(F)CCNCc1cccc2cnccc12. The fourth-order valence-corrected chi connectivity index (χ4v) is 1.80. The van der Waals surface area contributed by atoms with Crippen molar-refractivity contribution < 1.29 is 13.2 Å². The van der Waals surface area contributed by atoms with Gasteiger partial charge >= 0.3 is 6.18 Å². The van der Waals surface area contributed by atoms with E-state index in [4.69, 9.17) is 0 Å². The average molecular weight is 254 g/mol. The molecule has 0 bridgehead atoms. The summed E-state index contributed by atoms with van der Waals surface area (Å²) in [7, 11) is 0. The molecule has 5 heteroatoms. The van der Waals surface area contributed by atoms with E-state index in [1.54, 1.807) is 12.4 Å². The number of rotatable bonds is 4. The van der Waals surface area contributed by atoms with E-state index in [1.165, 1.54) is 0 Å². The molecule has 1 heterocycles. The van der Waals surface area contributed by atoms with Crippen molar-refractivity contribution >= 4 is 10.8 Å². The maximum absolute atomic E-state index is 12.0. The molecule has 0 fully saturated rings. The van der Waals surface area contributed by atoms with Crippen LogP contribution in [0.3, 0.4) is 0 Å². The predicted octanol–water partition coefficient (Wildman–Crippen LogP) is 3.28. The Morgan fingerprint density at radius 2 is 2.00 bits per heavy atom. The third-order valence-electron chi connectivity index (χ3n) is 2.67. The highest BCUT2D eigenvalue weighted by Gasteiger charge is 2.25. The Bertz CT molecular complexity index is 518. The lowest BCUT2D eigenvalue weighted by Gasteiger charge is -2.09. The van der Waals surface area contributed by atoms with Gasteiger partial charge in [0.1, 0.15) is 0 Å². The van der Waals surface area contributed by atoms with Crippen molar-refractivity contribution in [2.45, 2.75) is 19.1 Å². The number of hydrogen-bond acceptors (Lipinski definition) is 2. The van der Waals surface area contributed by atoms with Crippen LogP contribution in [-0.4, -0.2) is 17.7 Å². The number of alkyl halides is 3. The molecule has 96 valence electrons. The second-order valence-electron chi connectivity index (χ2n) is 4.06. The lowest BCUT2D eigenvalue weighted by molar-refractivity contribution is -0.133. The minimum atomic E-state index is -4.10. The Kier molecular flexibility index (Phi) is 3.81. The fourth-order valence-electron chi connectivity index (χ4n) is 1.80. The number of fused-ring (bicyclic) bond motifs is 1. The van der Waals surface area contributed by atoms with E-state index >= 15 is 0 Å². The average Bonchev–Trinajstić information content (AvgIpc) is 2.33. The smallest absolute Gasteiger partial charge is 0.312 e. The van der Waals surface area contributed by atoms with Crippen molar-refractivity contribution in [3.63, 3.8) is 0 Å². The molecule has 0 spiro atoms. The van der Waals surface area contributed by atoms with Gasteiger partial charge in [-0.05, 0) is 17.0 Å². The monoisotopic (exact) mass is 254 g/mol. The summed E-state index contributed by atoms with van der Waals surface area (Å²) >= 11 is 0. The molecule has 0 amide bonds. The van der Waals surface area contributed by atoms with Gasteiger partial charge in [0.25, 0.3) is 0 Å². The minimum absolute atomic E-state index is 0.0645. The zero-order valence-corrected chi connectivity index (χ0v) is 9.67. The van der Waals surface area contributed by atoms with Crippen molar-refractivity contribution in [3.05, 3.63) is 42.2 Å². The molecule has 18 heavy (non-hydrogen) atoms. The molecule has 0 saturated carbocycles. The zero-order chi connectivity index (χ0) is 13.0. The van der Waals surface area contributed by atoms with Crippen molar-refractivity contribution in [1.82, 2.24) is 10.3 Å². The molecule has 2 aromatic rings. The maximum Gasteiger partial charge on any atom is 0.390 e. The van der Waals surface area contributed by atoms with E-state index < -0.39 is 12.6 Å². The largest absolute Gasteiger partial charge is 0.390 e. The second-order valence-corrected chi connectivity index (χ2v) is 4.06. The molecule has 1 aromatic carbocycles. The van der Waals surface area contributed by atoms with Crippen LogP contribution >= 0.6 is 0 Å². The molecule has 1 aromatic heterocycles. The third-order valence-corrected chi connectivity index (χ3v) is 2.67. The normalized spacial score (nSPS) is 11.9. The Balaban J connectivity index is 2.00. The van der Waals surface area contributed by atoms with Crippen LogP contribution in [-0.2, 0) is 6.54 Å². The van der Waals surface area contributed by atoms with Gasteiger partial charge < -0.3 is 5.32 Å². The molecule has 0 aliphatic carbocycles. The lowest BCUT2D eigenvalue weighted by atomic mass is 10.1. The van der Waals surface area contributed by atoms with Crippen LogP contribution in [0.1, 0.15) is 12.0 Å². The number of benzene rings is 1. The maximum atomic E-state index is 12.0. The summed E-state index contributed by atoms with van der Waals surface area (Å²) in [6, 6.07) is 7.59. The van der Waals surface area contributed by atoms with Crippen molar-refractivity contribution in [2.75, 3.05) is 6.54 Å².